The van der Waals surface area contributed by atoms with E-state index in [0.717, 1.165) is 17.8 Å². The number of aliphatic hydroxyl groups is 1. The molecule has 1 atom stereocenters. The summed E-state index contributed by atoms with van der Waals surface area (Å²) in [5, 5.41) is 13.7. The third-order valence-electron chi connectivity index (χ3n) is 5.49. The van der Waals surface area contributed by atoms with E-state index < -0.39 is 6.10 Å². The Morgan fingerprint density at radius 3 is 2.25 bits per heavy atom. The minimum atomic E-state index is -0.403. The molecular weight excluding hydrogens is 254 g/mol. The molecule has 116 valence electrons. The highest BCUT2D eigenvalue weighted by atomic mass is 16.5. The molecule has 0 spiro atoms. The second-order valence-electron chi connectivity index (χ2n) is 7.30. The lowest BCUT2D eigenvalue weighted by Crippen LogP contribution is -2.59. The second-order valence-corrected chi connectivity index (χ2v) is 7.30. The molecule has 4 fully saturated rings. The molecule has 0 aromatic heterocycles. The van der Waals surface area contributed by atoms with Crippen LogP contribution in [0.15, 0.2) is 0 Å². The Morgan fingerprint density at radius 2 is 1.70 bits per heavy atom. The van der Waals surface area contributed by atoms with Crippen molar-refractivity contribution in [3.8, 4) is 0 Å². The molecule has 2 N–H and O–H groups in total. The van der Waals surface area contributed by atoms with Gasteiger partial charge in [0.15, 0.2) is 0 Å². The fourth-order valence-electron chi connectivity index (χ4n) is 5.08. The molecule has 20 heavy (non-hydrogen) atoms. The molecule has 4 aliphatic rings. The number of rotatable bonds is 8. The van der Waals surface area contributed by atoms with Crippen LogP contribution in [0.2, 0.25) is 0 Å². The van der Waals surface area contributed by atoms with E-state index >= 15 is 0 Å². The number of ether oxygens (including phenoxy) is 2. The zero-order valence-electron chi connectivity index (χ0n) is 12.6. The maximum absolute atomic E-state index is 10.0. The normalized spacial score (nSPS) is 40.2. The van der Waals surface area contributed by atoms with Crippen LogP contribution >= 0.6 is 0 Å². The Kier molecular flexibility index (Phi) is 4.65. The van der Waals surface area contributed by atoms with E-state index in [9.17, 15) is 5.11 Å². The lowest BCUT2D eigenvalue weighted by molar-refractivity contribution is -0.0329. The van der Waals surface area contributed by atoms with Crippen LogP contribution in [-0.4, -0.2) is 50.2 Å². The smallest absolute Gasteiger partial charge is 0.0897 e. The van der Waals surface area contributed by atoms with Crippen LogP contribution in [0.25, 0.3) is 0 Å². The standard InChI is InChI=1S/C16H29NO3/c1-19-2-3-20-11-15(18)10-17-16-7-12-4-13(8-16)6-14(5-12)9-16/h12-15,17-18H,2-11H2,1H3. The van der Waals surface area contributed by atoms with Gasteiger partial charge in [0.05, 0.1) is 25.9 Å². The third-order valence-corrected chi connectivity index (χ3v) is 5.49. The van der Waals surface area contributed by atoms with Crippen LogP contribution < -0.4 is 5.32 Å². The monoisotopic (exact) mass is 283 g/mol. The third kappa shape index (κ3) is 3.35. The summed E-state index contributed by atoms with van der Waals surface area (Å²) >= 11 is 0. The van der Waals surface area contributed by atoms with E-state index in [0.29, 0.717) is 31.9 Å². The topological polar surface area (TPSA) is 50.7 Å². The van der Waals surface area contributed by atoms with Crippen LogP contribution in [0.1, 0.15) is 38.5 Å². The van der Waals surface area contributed by atoms with E-state index in [-0.39, 0.29) is 0 Å². The molecule has 0 amide bonds. The number of β-amino-alcohol motifs (C(OH)–C–C–N with tert-alkyl or cyclic N) is 1. The van der Waals surface area contributed by atoms with E-state index in [1.807, 2.05) is 0 Å². The van der Waals surface area contributed by atoms with E-state index in [1.54, 1.807) is 7.11 Å². The van der Waals surface area contributed by atoms with E-state index in [2.05, 4.69) is 5.32 Å². The quantitative estimate of drug-likeness (QED) is 0.664. The maximum Gasteiger partial charge on any atom is 0.0897 e. The van der Waals surface area contributed by atoms with Crippen molar-refractivity contribution >= 4 is 0 Å². The van der Waals surface area contributed by atoms with Crippen molar-refractivity contribution in [3.63, 3.8) is 0 Å². The zero-order chi connectivity index (χ0) is 14.0. The van der Waals surface area contributed by atoms with Gasteiger partial charge >= 0.3 is 0 Å². The van der Waals surface area contributed by atoms with Gasteiger partial charge in [-0.2, -0.15) is 0 Å². The molecule has 0 radical (unpaired) electrons. The highest BCUT2D eigenvalue weighted by molar-refractivity contribution is 5.06. The SMILES string of the molecule is COCCOCC(O)CNC12CC3CC(CC(C3)C1)C2. The van der Waals surface area contributed by atoms with Crippen LogP contribution in [0.3, 0.4) is 0 Å². The van der Waals surface area contributed by atoms with E-state index in [1.165, 1.54) is 38.5 Å². The summed E-state index contributed by atoms with van der Waals surface area (Å²) in [6.45, 7) is 2.22. The number of nitrogens with one attached hydrogen (secondary N) is 1. The minimum absolute atomic E-state index is 0.336. The summed E-state index contributed by atoms with van der Waals surface area (Å²) < 4.78 is 10.3. The van der Waals surface area contributed by atoms with Crippen molar-refractivity contribution in [1.29, 1.82) is 0 Å². The van der Waals surface area contributed by atoms with Gasteiger partial charge in [-0.15, -0.1) is 0 Å². The van der Waals surface area contributed by atoms with Gasteiger partial charge in [-0.05, 0) is 56.3 Å². The van der Waals surface area contributed by atoms with Crippen LogP contribution in [0.4, 0.5) is 0 Å². The zero-order valence-corrected chi connectivity index (χ0v) is 12.6. The first-order valence-electron chi connectivity index (χ1n) is 8.19. The summed E-state index contributed by atoms with van der Waals surface area (Å²) in [4.78, 5) is 0. The second kappa shape index (κ2) is 6.30. The summed E-state index contributed by atoms with van der Waals surface area (Å²) in [5.74, 6) is 2.84. The number of hydrogen-bond acceptors (Lipinski definition) is 4. The highest BCUT2D eigenvalue weighted by Crippen LogP contribution is 2.55. The van der Waals surface area contributed by atoms with Gasteiger partial charge in [0.25, 0.3) is 0 Å². The molecule has 4 saturated carbocycles. The molecule has 4 heteroatoms. The summed E-state index contributed by atoms with van der Waals surface area (Å²) in [5.41, 5.74) is 0.336. The molecule has 4 nitrogen and oxygen atoms in total. The Balaban J connectivity index is 1.41. The largest absolute Gasteiger partial charge is 0.389 e. The van der Waals surface area contributed by atoms with Crippen molar-refractivity contribution in [3.05, 3.63) is 0 Å². The Labute approximate surface area is 122 Å². The predicted molar refractivity (Wildman–Crippen MR) is 77.6 cm³/mol. The summed E-state index contributed by atoms with van der Waals surface area (Å²) in [6, 6.07) is 0. The van der Waals surface area contributed by atoms with Gasteiger partial charge in [-0.1, -0.05) is 0 Å². The molecule has 4 bridgehead atoms. The molecule has 0 aromatic rings. The Hall–Kier alpha value is -0.160. The van der Waals surface area contributed by atoms with Crippen molar-refractivity contribution in [2.45, 2.75) is 50.2 Å². The molecule has 0 aromatic carbocycles. The van der Waals surface area contributed by atoms with Crippen LogP contribution in [0, 0.1) is 17.8 Å². The molecule has 0 saturated heterocycles. The van der Waals surface area contributed by atoms with Gasteiger partial charge in [0, 0.05) is 19.2 Å². The molecule has 4 rings (SSSR count). The van der Waals surface area contributed by atoms with Crippen LogP contribution in [0.5, 0.6) is 0 Å². The molecule has 4 aliphatic carbocycles. The van der Waals surface area contributed by atoms with Crippen molar-refractivity contribution < 1.29 is 14.6 Å². The highest BCUT2D eigenvalue weighted by Gasteiger charge is 2.50. The maximum atomic E-state index is 10.0. The van der Waals surface area contributed by atoms with Gasteiger partial charge in [0.2, 0.25) is 0 Å². The minimum Gasteiger partial charge on any atom is -0.389 e. The fraction of sp³-hybridized carbons (Fsp3) is 1.00. The van der Waals surface area contributed by atoms with Crippen LogP contribution in [-0.2, 0) is 9.47 Å². The first-order chi connectivity index (χ1) is 9.69. The van der Waals surface area contributed by atoms with Crippen molar-refractivity contribution in [2.75, 3.05) is 33.5 Å². The van der Waals surface area contributed by atoms with Gasteiger partial charge in [-0.3, -0.25) is 0 Å². The van der Waals surface area contributed by atoms with E-state index in [4.69, 9.17) is 9.47 Å². The summed E-state index contributed by atoms with van der Waals surface area (Å²) in [6.07, 6.45) is 7.97. The Morgan fingerprint density at radius 1 is 1.10 bits per heavy atom. The fourth-order valence-corrected chi connectivity index (χ4v) is 5.08. The molecule has 0 aliphatic heterocycles. The average molecular weight is 283 g/mol. The average Bonchev–Trinajstić information content (AvgIpc) is 2.40. The van der Waals surface area contributed by atoms with Gasteiger partial charge in [0.1, 0.15) is 0 Å². The Bertz CT molecular complexity index is 286. The molecule has 1 unspecified atom stereocenters. The molecule has 0 heterocycles. The number of aliphatic hydroxyl groups excluding tert-OH is 1. The first kappa shape index (κ1) is 14.8. The van der Waals surface area contributed by atoms with Gasteiger partial charge < -0.3 is 19.9 Å². The van der Waals surface area contributed by atoms with Crippen molar-refractivity contribution in [2.24, 2.45) is 17.8 Å². The molecular formula is C16H29NO3. The van der Waals surface area contributed by atoms with Gasteiger partial charge in [-0.25, -0.2) is 0 Å². The predicted octanol–water partition coefficient (Wildman–Crippen LogP) is 1.57. The van der Waals surface area contributed by atoms with Crippen molar-refractivity contribution in [1.82, 2.24) is 5.32 Å². The number of methoxy groups -OCH3 is 1. The summed E-state index contributed by atoms with van der Waals surface area (Å²) in [7, 11) is 1.66. The number of hydrogen-bond donors (Lipinski definition) is 2. The lowest BCUT2D eigenvalue weighted by Gasteiger charge is -2.57. The first-order valence-corrected chi connectivity index (χ1v) is 8.19. The lowest BCUT2D eigenvalue weighted by atomic mass is 9.53.